The summed E-state index contributed by atoms with van der Waals surface area (Å²) in [5, 5.41) is 3.09. The molecule has 0 aromatic heterocycles. The van der Waals surface area contributed by atoms with Crippen molar-refractivity contribution < 1.29 is 19.0 Å². The summed E-state index contributed by atoms with van der Waals surface area (Å²) >= 11 is 0. The van der Waals surface area contributed by atoms with E-state index in [0.717, 1.165) is 17.1 Å². The van der Waals surface area contributed by atoms with Gasteiger partial charge in [0, 0.05) is 19.8 Å². The van der Waals surface area contributed by atoms with Gasteiger partial charge in [-0.2, -0.15) is 0 Å². The fourth-order valence-corrected chi connectivity index (χ4v) is 3.05. The zero-order valence-corrected chi connectivity index (χ0v) is 13.5. The van der Waals surface area contributed by atoms with Gasteiger partial charge in [0.1, 0.15) is 13.2 Å². The Morgan fingerprint density at radius 3 is 2.61 bits per heavy atom. The molecule has 1 saturated heterocycles. The van der Waals surface area contributed by atoms with E-state index in [9.17, 15) is 4.79 Å². The first kappa shape index (κ1) is 16.1. The number of nitrogens with two attached hydrogens (primary N) is 1. The monoisotopic (exact) mass is 320 g/mol. The van der Waals surface area contributed by atoms with Crippen LogP contribution in [0, 0.1) is 5.41 Å². The molecule has 3 N–H and O–H groups in total. The third-order valence-electron chi connectivity index (χ3n) is 4.74. The van der Waals surface area contributed by atoms with Crippen LogP contribution in [0.3, 0.4) is 0 Å². The topological polar surface area (TPSA) is 82.8 Å². The van der Waals surface area contributed by atoms with Crippen molar-refractivity contribution in [2.75, 3.05) is 33.0 Å². The van der Waals surface area contributed by atoms with Crippen molar-refractivity contribution in [3.63, 3.8) is 0 Å². The lowest BCUT2D eigenvalue weighted by atomic mass is 9.79. The number of nitrogens with one attached hydrogen (secondary N) is 1. The number of carbonyl (C=O) groups is 1. The van der Waals surface area contributed by atoms with E-state index in [1.54, 1.807) is 0 Å². The van der Waals surface area contributed by atoms with Crippen LogP contribution >= 0.6 is 0 Å². The first-order valence-electron chi connectivity index (χ1n) is 8.13. The van der Waals surface area contributed by atoms with E-state index in [1.807, 2.05) is 25.1 Å². The second-order valence-corrected chi connectivity index (χ2v) is 6.20. The van der Waals surface area contributed by atoms with E-state index < -0.39 is 5.41 Å². The van der Waals surface area contributed by atoms with Crippen LogP contribution in [0.5, 0.6) is 11.5 Å². The molecule has 6 heteroatoms. The summed E-state index contributed by atoms with van der Waals surface area (Å²) in [5.74, 6) is 1.49. The lowest BCUT2D eigenvalue weighted by Gasteiger charge is -2.35. The molecule has 1 atom stereocenters. The third kappa shape index (κ3) is 3.28. The van der Waals surface area contributed by atoms with Crippen molar-refractivity contribution in [2.45, 2.75) is 25.8 Å². The normalized spacial score (nSPS) is 20.6. The number of carbonyl (C=O) groups excluding carboxylic acids is 1. The van der Waals surface area contributed by atoms with Crippen molar-refractivity contribution in [2.24, 2.45) is 11.1 Å². The van der Waals surface area contributed by atoms with Gasteiger partial charge in [-0.25, -0.2) is 0 Å². The highest BCUT2D eigenvalue weighted by Crippen LogP contribution is 2.34. The molecule has 2 heterocycles. The molecule has 2 aliphatic heterocycles. The van der Waals surface area contributed by atoms with E-state index in [-0.39, 0.29) is 11.9 Å². The molecule has 0 radical (unpaired) electrons. The van der Waals surface area contributed by atoms with Gasteiger partial charge in [0.05, 0.1) is 11.5 Å². The minimum absolute atomic E-state index is 0.00527. The maximum atomic E-state index is 12.7. The second kappa shape index (κ2) is 6.76. The van der Waals surface area contributed by atoms with Crippen LogP contribution in [-0.4, -0.2) is 38.9 Å². The van der Waals surface area contributed by atoms with E-state index in [2.05, 4.69) is 5.32 Å². The molecule has 3 rings (SSSR count). The quantitative estimate of drug-likeness (QED) is 0.876. The Kier molecular flexibility index (Phi) is 4.73. The predicted octanol–water partition coefficient (Wildman–Crippen LogP) is 1.39. The third-order valence-corrected chi connectivity index (χ3v) is 4.74. The number of hydrogen-bond acceptors (Lipinski definition) is 5. The van der Waals surface area contributed by atoms with Gasteiger partial charge in [-0.05, 0) is 37.5 Å². The summed E-state index contributed by atoms with van der Waals surface area (Å²) < 4.78 is 16.5. The molecule has 0 spiro atoms. The zero-order chi connectivity index (χ0) is 16.3. The molecule has 1 amide bonds. The van der Waals surface area contributed by atoms with Crippen LogP contribution in [0.1, 0.15) is 31.4 Å². The fraction of sp³-hybridized carbons (Fsp3) is 0.588. The number of rotatable bonds is 4. The van der Waals surface area contributed by atoms with Crippen molar-refractivity contribution >= 4 is 5.91 Å². The number of amides is 1. The standard InChI is InChI=1S/C17H24N2O4/c1-12(13-2-3-14-15(10-13)23-9-8-22-14)19-16(20)17(11-18)4-6-21-7-5-17/h2-3,10,12H,4-9,11,18H2,1H3,(H,19,20). The summed E-state index contributed by atoms with van der Waals surface area (Å²) in [6.45, 7) is 4.60. The van der Waals surface area contributed by atoms with Gasteiger partial charge in [-0.15, -0.1) is 0 Å². The van der Waals surface area contributed by atoms with Crippen LogP contribution in [0.2, 0.25) is 0 Å². The summed E-state index contributed by atoms with van der Waals surface area (Å²) in [6.07, 6.45) is 1.34. The zero-order valence-electron chi connectivity index (χ0n) is 13.5. The van der Waals surface area contributed by atoms with Crippen LogP contribution in [0.4, 0.5) is 0 Å². The molecular formula is C17H24N2O4. The number of hydrogen-bond donors (Lipinski definition) is 2. The summed E-state index contributed by atoms with van der Waals surface area (Å²) in [6, 6.07) is 5.65. The lowest BCUT2D eigenvalue weighted by molar-refractivity contribution is -0.136. The Morgan fingerprint density at radius 2 is 1.91 bits per heavy atom. The van der Waals surface area contributed by atoms with E-state index >= 15 is 0 Å². The smallest absolute Gasteiger partial charge is 0.228 e. The first-order valence-corrected chi connectivity index (χ1v) is 8.13. The maximum Gasteiger partial charge on any atom is 0.228 e. The SMILES string of the molecule is CC(NC(=O)C1(CN)CCOCC1)c1ccc2c(c1)OCCO2. The van der Waals surface area contributed by atoms with Crippen molar-refractivity contribution in [1.82, 2.24) is 5.32 Å². The average Bonchev–Trinajstić information content (AvgIpc) is 2.61. The molecule has 2 aliphatic rings. The molecule has 1 aromatic rings. The Hall–Kier alpha value is -1.79. The van der Waals surface area contributed by atoms with Gasteiger partial charge in [-0.1, -0.05) is 6.07 Å². The Morgan fingerprint density at radius 1 is 1.22 bits per heavy atom. The average molecular weight is 320 g/mol. The molecule has 1 aromatic carbocycles. The summed E-state index contributed by atoms with van der Waals surface area (Å²) in [7, 11) is 0. The Labute approximate surface area is 136 Å². The Balaban J connectivity index is 1.70. The first-order chi connectivity index (χ1) is 11.1. The van der Waals surface area contributed by atoms with Crippen LogP contribution in [0.25, 0.3) is 0 Å². The Bertz CT molecular complexity index is 570. The number of ether oxygens (including phenoxy) is 3. The molecule has 0 saturated carbocycles. The fourth-order valence-electron chi connectivity index (χ4n) is 3.05. The van der Waals surface area contributed by atoms with Crippen LogP contribution in [0.15, 0.2) is 18.2 Å². The van der Waals surface area contributed by atoms with Gasteiger partial charge in [-0.3, -0.25) is 4.79 Å². The van der Waals surface area contributed by atoms with E-state index in [4.69, 9.17) is 19.9 Å². The van der Waals surface area contributed by atoms with Gasteiger partial charge >= 0.3 is 0 Å². The lowest BCUT2D eigenvalue weighted by Crippen LogP contribution is -2.49. The van der Waals surface area contributed by atoms with Gasteiger partial charge in [0.2, 0.25) is 5.91 Å². The maximum absolute atomic E-state index is 12.7. The highest BCUT2D eigenvalue weighted by atomic mass is 16.6. The molecular weight excluding hydrogens is 296 g/mol. The van der Waals surface area contributed by atoms with E-state index in [0.29, 0.717) is 45.8 Å². The van der Waals surface area contributed by atoms with Crippen LogP contribution < -0.4 is 20.5 Å². The molecule has 1 fully saturated rings. The molecule has 1 unspecified atom stereocenters. The largest absolute Gasteiger partial charge is 0.486 e. The molecule has 0 bridgehead atoms. The highest BCUT2D eigenvalue weighted by Gasteiger charge is 2.39. The van der Waals surface area contributed by atoms with E-state index in [1.165, 1.54) is 0 Å². The van der Waals surface area contributed by atoms with Crippen molar-refractivity contribution in [3.8, 4) is 11.5 Å². The minimum Gasteiger partial charge on any atom is -0.486 e. The highest BCUT2D eigenvalue weighted by molar-refractivity contribution is 5.83. The predicted molar refractivity (Wildman–Crippen MR) is 85.5 cm³/mol. The minimum atomic E-state index is -0.514. The van der Waals surface area contributed by atoms with Gasteiger partial charge in [0.25, 0.3) is 0 Å². The summed E-state index contributed by atoms with van der Waals surface area (Å²) in [5.41, 5.74) is 6.37. The second-order valence-electron chi connectivity index (χ2n) is 6.20. The number of fused-ring (bicyclic) bond motifs is 1. The summed E-state index contributed by atoms with van der Waals surface area (Å²) in [4.78, 5) is 12.7. The van der Waals surface area contributed by atoms with Gasteiger partial charge < -0.3 is 25.3 Å². The molecule has 23 heavy (non-hydrogen) atoms. The molecule has 0 aliphatic carbocycles. The van der Waals surface area contributed by atoms with Crippen molar-refractivity contribution in [1.29, 1.82) is 0 Å². The van der Waals surface area contributed by atoms with Crippen LogP contribution in [-0.2, 0) is 9.53 Å². The molecule has 126 valence electrons. The van der Waals surface area contributed by atoms with Crippen molar-refractivity contribution in [3.05, 3.63) is 23.8 Å². The van der Waals surface area contributed by atoms with Gasteiger partial charge in [0.15, 0.2) is 11.5 Å². The molecule has 6 nitrogen and oxygen atoms in total. The number of benzene rings is 1.